The molecule has 150 valence electrons. The van der Waals surface area contributed by atoms with Crippen molar-refractivity contribution in [1.82, 2.24) is 4.98 Å². The summed E-state index contributed by atoms with van der Waals surface area (Å²) in [6.07, 6.45) is 1.64. The molecule has 3 aromatic rings. The predicted molar refractivity (Wildman–Crippen MR) is 115 cm³/mol. The first-order chi connectivity index (χ1) is 14.0. The molecule has 29 heavy (non-hydrogen) atoms. The highest BCUT2D eigenvalue weighted by atomic mass is 16.5. The topological polar surface area (TPSA) is 72.5 Å². The number of nitrogens with one attached hydrogen (secondary N) is 2. The van der Waals surface area contributed by atoms with Gasteiger partial charge in [0, 0.05) is 11.9 Å². The normalized spacial score (nSPS) is 10.5. The molecule has 1 heterocycles. The summed E-state index contributed by atoms with van der Waals surface area (Å²) in [6, 6.07) is 18.4. The fourth-order valence-corrected chi connectivity index (χ4v) is 2.68. The van der Waals surface area contributed by atoms with Crippen LogP contribution in [0.25, 0.3) is 0 Å². The van der Waals surface area contributed by atoms with Crippen LogP contribution in [0.3, 0.4) is 0 Å². The highest BCUT2D eigenvalue weighted by Gasteiger charge is 2.09. The average Bonchev–Trinajstić information content (AvgIpc) is 2.71. The molecule has 6 heteroatoms. The van der Waals surface area contributed by atoms with Gasteiger partial charge >= 0.3 is 0 Å². The molecule has 0 fully saturated rings. The first kappa shape index (κ1) is 20.2. The van der Waals surface area contributed by atoms with Crippen molar-refractivity contribution in [2.75, 3.05) is 17.2 Å². The fourth-order valence-electron chi connectivity index (χ4n) is 2.68. The lowest BCUT2D eigenvalue weighted by molar-refractivity contribution is 0.102. The maximum absolute atomic E-state index is 12.5. The summed E-state index contributed by atoms with van der Waals surface area (Å²) in [6.45, 7) is 6.45. The molecule has 0 aliphatic rings. The first-order valence-corrected chi connectivity index (χ1v) is 9.58. The zero-order valence-electron chi connectivity index (χ0n) is 16.8. The molecule has 1 aromatic heterocycles. The van der Waals surface area contributed by atoms with Gasteiger partial charge in [-0.3, -0.25) is 4.79 Å². The van der Waals surface area contributed by atoms with Gasteiger partial charge in [0.05, 0.1) is 24.0 Å². The summed E-state index contributed by atoms with van der Waals surface area (Å²) in [5, 5.41) is 6.07. The van der Waals surface area contributed by atoms with Crippen molar-refractivity contribution in [3.63, 3.8) is 0 Å². The van der Waals surface area contributed by atoms with Crippen LogP contribution in [0, 0.1) is 0 Å². The van der Waals surface area contributed by atoms with Crippen LogP contribution in [-0.2, 0) is 0 Å². The minimum absolute atomic E-state index is 0.106. The summed E-state index contributed by atoms with van der Waals surface area (Å²) < 4.78 is 11.2. The molecule has 0 atom stereocenters. The van der Waals surface area contributed by atoms with E-state index < -0.39 is 0 Å². The lowest BCUT2D eigenvalue weighted by Crippen LogP contribution is -2.12. The molecule has 6 nitrogen and oxygen atoms in total. The third kappa shape index (κ3) is 5.72. The van der Waals surface area contributed by atoms with E-state index >= 15 is 0 Å². The van der Waals surface area contributed by atoms with E-state index in [-0.39, 0.29) is 12.0 Å². The summed E-state index contributed by atoms with van der Waals surface area (Å²) in [5.74, 6) is 1.92. The molecule has 0 aliphatic carbocycles. The summed E-state index contributed by atoms with van der Waals surface area (Å²) in [4.78, 5) is 16.8. The number of rotatable bonds is 8. The Morgan fingerprint density at radius 3 is 2.45 bits per heavy atom. The average molecular weight is 391 g/mol. The lowest BCUT2D eigenvalue weighted by atomic mass is 10.2. The van der Waals surface area contributed by atoms with Gasteiger partial charge in [-0.15, -0.1) is 0 Å². The third-order valence-electron chi connectivity index (χ3n) is 3.96. The van der Waals surface area contributed by atoms with Crippen molar-refractivity contribution in [3.05, 3.63) is 72.4 Å². The van der Waals surface area contributed by atoms with Crippen LogP contribution < -0.4 is 20.1 Å². The number of amides is 1. The molecule has 0 saturated carbocycles. The Labute approximate surface area is 170 Å². The molecular formula is C23H25N3O3. The number of pyridine rings is 1. The number of ether oxygens (including phenoxy) is 2. The van der Waals surface area contributed by atoms with E-state index in [2.05, 4.69) is 15.6 Å². The van der Waals surface area contributed by atoms with Crippen LogP contribution in [0.4, 0.5) is 17.2 Å². The third-order valence-corrected chi connectivity index (χ3v) is 3.96. The number of para-hydroxylation sites is 2. The second kappa shape index (κ2) is 9.59. The van der Waals surface area contributed by atoms with Crippen molar-refractivity contribution in [1.29, 1.82) is 0 Å². The monoisotopic (exact) mass is 391 g/mol. The number of carbonyl (C=O) groups excluding carboxylic acids is 1. The standard InChI is InChI=1S/C23H25N3O3/c1-4-28-21-8-6-5-7-20(21)26-22-14-9-17(15-24-22)23(27)25-18-10-12-19(13-11-18)29-16(2)3/h5-16H,4H2,1-3H3,(H,24,26)(H,25,27). The Hall–Kier alpha value is -3.54. The number of hydrogen-bond acceptors (Lipinski definition) is 5. The van der Waals surface area contributed by atoms with Gasteiger partial charge in [0.15, 0.2) is 0 Å². The van der Waals surface area contributed by atoms with Crippen LogP contribution in [0.15, 0.2) is 66.9 Å². The van der Waals surface area contributed by atoms with E-state index in [0.717, 1.165) is 17.2 Å². The van der Waals surface area contributed by atoms with E-state index in [1.54, 1.807) is 12.1 Å². The van der Waals surface area contributed by atoms with E-state index in [0.29, 0.717) is 23.7 Å². The second-order valence-corrected chi connectivity index (χ2v) is 6.63. The molecule has 2 aromatic carbocycles. The molecule has 1 amide bonds. The number of benzene rings is 2. The first-order valence-electron chi connectivity index (χ1n) is 9.58. The number of nitrogens with zero attached hydrogens (tertiary/aromatic N) is 1. The summed E-state index contributed by atoms with van der Waals surface area (Å²) in [7, 11) is 0. The molecule has 0 unspecified atom stereocenters. The van der Waals surface area contributed by atoms with Gasteiger partial charge in [0.25, 0.3) is 5.91 Å². The van der Waals surface area contributed by atoms with E-state index in [1.165, 1.54) is 6.20 Å². The van der Waals surface area contributed by atoms with Crippen molar-refractivity contribution in [2.45, 2.75) is 26.9 Å². The van der Waals surface area contributed by atoms with E-state index in [9.17, 15) is 4.79 Å². The van der Waals surface area contributed by atoms with E-state index in [4.69, 9.17) is 9.47 Å². The van der Waals surface area contributed by atoms with Crippen LogP contribution in [0.5, 0.6) is 11.5 Å². The van der Waals surface area contributed by atoms with Gasteiger partial charge in [-0.1, -0.05) is 12.1 Å². The lowest BCUT2D eigenvalue weighted by Gasteiger charge is -2.12. The Morgan fingerprint density at radius 1 is 1.03 bits per heavy atom. The molecule has 0 saturated heterocycles. The highest BCUT2D eigenvalue weighted by molar-refractivity contribution is 6.04. The zero-order valence-corrected chi connectivity index (χ0v) is 16.8. The maximum atomic E-state index is 12.5. The molecule has 0 aliphatic heterocycles. The SMILES string of the molecule is CCOc1ccccc1Nc1ccc(C(=O)Nc2ccc(OC(C)C)cc2)cn1. The summed E-state index contributed by atoms with van der Waals surface area (Å²) in [5.41, 5.74) is 1.98. The summed E-state index contributed by atoms with van der Waals surface area (Å²) >= 11 is 0. The molecule has 0 radical (unpaired) electrons. The quantitative estimate of drug-likeness (QED) is 0.548. The fraction of sp³-hybridized carbons (Fsp3) is 0.217. The number of anilines is 3. The Kier molecular flexibility index (Phi) is 6.68. The number of aromatic nitrogens is 1. The van der Waals surface area contributed by atoms with Crippen molar-refractivity contribution in [3.8, 4) is 11.5 Å². The van der Waals surface area contributed by atoms with Crippen LogP contribution in [-0.4, -0.2) is 23.6 Å². The number of carbonyl (C=O) groups is 1. The molecule has 2 N–H and O–H groups in total. The predicted octanol–water partition coefficient (Wildman–Crippen LogP) is 5.26. The Bertz CT molecular complexity index is 938. The minimum atomic E-state index is -0.226. The smallest absolute Gasteiger partial charge is 0.257 e. The molecule has 3 rings (SSSR count). The molecule has 0 bridgehead atoms. The van der Waals surface area contributed by atoms with Gasteiger partial charge < -0.3 is 20.1 Å². The van der Waals surface area contributed by atoms with Crippen molar-refractivity contribution < 1.29 is 14.3 Å². The van der Waals surface area contributed by atoms with Gasteiger partial charge in [-0.25, -0.2) is 4.98 Å². The maximum Gasteiger partial charge on any atom is 0.257 e. The van der Waals surface area contributed by atoms with Gasteiger partial charge in [-0.2, -0.15) is 0 Å². The number of hydrogen-bond donors (Lipinski definition) is 2. The van der Waals surface area contributed by atoms with E-state index in [1.807, 2.05) is 69.3 Å². The van der Waals surface area contributed by atoms with Crippen LogP contribution in [0.2, 0.25) is 0 Å². The second-order valence-electron chi connectivity index (χ2n) is 6.63. The van der Waals surface area contributed by atoms with Crippen LogP contribution >= 0.6 is 0 Å². The van der Waals surface area contributed by atoms with Crippen LogP contribution in [0.1, 0.15) is 31.1 Å². The Morgan fingerprint density at radius 2 is 1.79 bits per heavy atom. The van der Waals surface area contributed by atoms with Crippen molar-refractivity contribution in [2.24, 2.45) is 0 Å². The van der Waals surface area contributed by atoms with Gasteiger partial charge in [0.1, 0.15) is 17.3 Å². The zero-order chi connectivity index (χ0) is 20.6. The largest absolute Gasteiger partial charge is 0.492 e. The molecular weight excluding hydrogens is 366 g/mol. The molecule has 0 spiro atoms. The Balaban J connectivity index is 1.63. The van der Waals surface area contributed by atoms with Gasteiger partial charge in [0.2, 0.25) is 0 Å². The van der Waals surface area contributed by atoms with Gasteiger partial charge in [-0.05, 0) is 69.3 Å². The minimum Gasteiger partial charge on any atom is -0.492 e. The van der Waals surface area contributed by atoms with Crippen molar-refractivity contribution >= 4 is 23.1 Å². The highest BCUT2D eigenvalue weighted by Crippen LogP contribution is 2.26.